The summed E-state index contributed by atoms with van der Waals surface area (Å²) in [5, 5.41) is 0.0178. The molecule has 1 amide bonds. The summed E-state index contributed by atoms with van der Waals surface area (Å²) in [4.78, 5) is 24.9. The monoisotopic (exact) mass is 327 g/mol. The molecule has 0 aliphatic carbocycles. The van der Waals surface area contributed by atoms with Gasteiger partial charge in [-0.2, -0.15) is 0 Å². The minimum atomic E-state index is -1.08. The maximum absolute atomic E-state index is 13.4. The third kappa shape index (κ3) is 3.76. The third-order valence-electron chi connectivity index (χ3n) is 2.93. The lowest BCUT2D eigenvalue weighted by Gasteiger charge is -2.16. The van der Waals surface area contributed by atoms with Crippen molar-refractivity contribution >= 4 is 23.5 Å². The van der Waals surface area contributed by atoms with E-state index in [2.05, 4.69) is 0 Å². The molecule has 1 aromatic rings. The Morgan fingerprint density at radius 3 is 2.64 bits per heavy atom. The van der Waals surface area contributed by atoms with Gasteiger partial charge in [-0.25, -0.2) is 9.18 Å². The number of esters is 1. The molecule has 7 heteroatoms. The Morgan fingerprint density at radius 1 is 1.41 bits per heavy atom. The van der Waals surface area contributed by atoms with Crippen LogP contribution in [0.1, 0.15) is 19.4 Å². The van der Waals surface area contributed by atoms with E-state index in [-0.39, 0.29) is 17.3 Å². The molecule has 0 saturated carbocycles. The van der Waals surface area contributed by atoms with E-state index < -0.39 is 23.5 Å². The summed E-state index contributed by atoms with van der Waals surface area (Å²) in [5.74, 6) is -2.93. The normalized spacial score (nSPS) is 18.0. The Hall–Kier alpha value is -2.08. The predicted molar refractivity (Wildman–Crippen MR) is 77.2 cm³/mol. The second-order valence-electron chi connectivity index (χ2n) is 5.34. The number of hydrogen-bond donors (Lipinski definition) is 0. The van der Waals surface area contributed by atoms with Crippen molar-refractivity contribution in [2.24, 2.45) is 0 Å². The molecule has 0 aromatic heterocycles. The van der Waals surface area contributed by atoms with Crippen LogP contribution < -0.4 is 0 Å². The standard InChI is InChI=1S/C15H15ClFNO4/c1-15(2)21-12(14(20)22-15)7-13(19)18(3)8-9-4-5-10(16)11(17)6-9/h4-7H,8H2,1-3H3/b12-7-. The summed E-state index contributed by atoms with van der Waals surface area (Å²) < 4.78 is 23.5. The lowest BCUT2D eigenvalue weighted by Crippen LogP contribution is -2.25. The Morgan fingerprint density at radius 2 is 2.09 bits per heavy atom. The highest BCUT2D eigenvalue weighted by Crippen LogP contribution is 2.26. The van der Waals surface area contributed by atoms with E-state index in [1.165, 1.54) is 24.1 Å². The average Bonchev–Trinajstić information content (AvgIpc) is 2.66. The first-order chi connectivity index (χ1) is 10.2. The molecule has 1 fully saturated rings. The minimum absolute atomic E-state index is 0.0178. The van der Waals surface area contributed by atoms with Gasteiger partial charge in [0.05, 0.1) is 11.1 Å². The molecule has 1 saturated heterocycles. The maximum atomic E-state index is 13.4. The summed E-state index contributed by atoms with van der Waals surface area (Å²) in [6.07, 6.45) is 1.06. The molecule has 2 rings (SSSR count). The highest BCUT2D eigenvalue weighted by molar-refractivity contribution is 6.30. The quantitative estimate of drug-likeness (QED) is 0.632. The molecule has 5 nitrogen and oxygen atoms in total. The largest absolute Gasteiger partial charge is 0.445 e. The Labute approximate surface area is 132 Å². The van der Waals surface area contributed by atoms with Crippen LogP contribution in [0.2, 0.25) is 5.02 Å². The van der Waals surface area contributed by atoms with Crippen LogP contribution in [0.3, 0.4) is 0 Å². The number of halogens is 2. The van der Waals surface area contributed by atoms with Gasteiger partial charge >= 0.3 is 5.97 Å². The van der Waals surface area contributed by atoms with Crippen LogP contribution in [-0.4, -0.2) is 29.6 Å². The van der Waals surface area contributed by atoms with Crippen LogP contribution in [0.4, 0.5) is 4.39 Å². The number of ether oxygens (including phenoxy) is 2. The summed E-state index contributed by atoms with van der Waals surface area (Å²) in [6, 6.07) is 4.29. The van der Waals surface area contributed by atoms with Crippen LogP contribution in [0.25, 0.3) is 0 Å². The second kappa shape index (κ2) is 5.96. The molecule has 0 spiro atoms. The summed E-state index contributed by atoms with van der Waals surface area (Å²) in [7, 11) is 1.53. The van der Waals surface area contributed by atoms with Gasteiger partial charge in [0.15, 0.2) is 0 Å². The molecule has 1 aliphatic heterocycles. The highest BCUT2D eigenvalue weighted by Gasteiger charge is 2.37. The first kappa shape index (κ1) is 16.3. The molecule has 0 unspecified atom stereocenters. The van der Waals surface area contributed by atoms with Gasteiger partial charge in [-0.05, 0) is 17.7 Å². The number of carbonyl (C=O) groups excluding carboxylic acids is 2. The topological polar surface area (TPSA) is 55.8 Å². The second-order valence-corrected chi connectivity index (χ2v) is 5.75. The van der Waals surface area contributed by atoms with Gasteiger partial charge in [0.1, 0.15) is 5.82 Å². The van der Waals surface area contributed by atoms with Gasteiger partial charge in [-0.3, -0.25) is 4.79 Å². The third-order valence-corrected chi connectivity index (χ3v) is 3.24. The van der Waals surface area contributed by atoms with Crippen LogP contribution in [0.5, 0.6) is 0 Å². The number of amides is 1. The number of hydrogen-bond acceptors (Lipinski definition) is 4. The summed E-state index contributed by atoms with van der Waals surface area (Å²) >= 11 is 5.60. The van der Waals surface area contributed by atoms with E-state index in [9.17, 15) is 14.0 Å². The fourth-order valence-corrected chi connectivity index (χ4v) is 2.02. The fraction of sp³-hybridized carbons (Fsp3) is 0.333. The van der Waals surface area contributed by atoms with Crippen LogP contribution in [0, 0.1) is 5.82 Å². The van der Waals surface area contributed by atoms with Crippen molar-refractivity contribution in [3.05, 3.63) is 46.4 Å². The first-order valence-corrected chi connectivity index (χ1v) is 6.89. The first-order valence-electron chi connectivity index (χ1n) is 6.51. The van der Waals surface area contributed by atoms with E-state index in [0.29, 0.717) is 5.56 Å². The van der Waals surface area contributed by atoms with Crippen LogP contribution in [-0.2, 0) is 25.6 Å². The van der Waals surface area contributed by atoms with Crippen molar-refractivity contribution in [1.82, 2.24) is 4.90 Å². The number of likely N-dealkylation sites (N-methyl/N-ethyl adjacent to an activating group) is 1. The predicted octanol–water partition coefficient (Wildman–Crippen LogP) is 2.63. The molecule has 0 N–H and O–H groups in total. The molecule has 1 heterocycles. The number of rotatable bonds is 3. The molecular weight excluding hydrogens is 313 g/mol. The molecule has 0 radical (unpaired) electrons. The number of nitrogens with zero attached hydrogens (tertiary/aromatic N) is 1. The summed E-state index contributed by atoms with van der Waals surface area (Å²) in [5.41, 5.74) is 0.575. The molecular formula is C15H15ClFNO4. The minimum Gasteiger partial charge on any atom is -0.445 e. The Kier molecular flexibility index (Phi) is 4.42. The van der Waals surface area contributed by atoms with E-state index in [1.807, 2.05) is 0 Å². The molecule has 0 bridgehead atoms. The number of carbonyl (C=O) groups is 2. The van der Waals surface area contributed by atoms with Crippen molar-refractivity contribution in [2.75, 3.05) is 7.05 Å². The van der Waals surface area contributed by atoms with Gasteiger partial charge in [-0.1, -0.05) is 17.7 Å². The SMILES string of the molecule is CN(Cc1ccc(Cl)c(F)c1)C(=O)/C=C1\OC(C)(C)OC1=O. The molecule has 118 valence electrons. The highest BCUT2D eigenvalue weighted by atomic mass is 35.5. The molecule has 22 heavy (non-hydrogen) atoms. The van der Waals surface area contributed by atoms with Gasteiger partial charge in [-0.15, -0.1) is 0 Å². The van der Waals surface area contributed by atoms with Crippen LogP contribution in [0.15, 0.2) is 30.0 Å². The molecule has 0 atom stereocenters. The molecule has 1 aromatic carbocycles. The van der Waals surface area contributed by atoms with E-state index in [0.717, 1.165) is 6.08 Å². The van der Waals surface area contributed by atoms with Crippen molar-refractivity contribution in [1.29, 1.82) is 0 Å². The van der Waals surface area contributed by atoms with Crippen molar-refractivity contribution in [3.8, 4) is 0 Å². The zero-order valence-electron chi connectivity index (χ0n) is 12.4. The van der Waals surface area contributed by atoms with Gasteiger partial charge < -0.3 is 14.4 Å². The molecule has 1 aliphatic rings. The smallest absolute Gasteiger partial charge is 0.377 e. The zero-order chi connectivity index (χ0) is 16.5. The average molecular weight is 328 g/mol. The lowest BCUT2D eigenvalue weighted by atomic mass is 10.2. The number of benzene rings is 1. The van der Waals surface area contributed by atoms with Crippen molar-refractivity contribution in [2.45, 2.75) is 26.2 Å². The Balaban J connectivity index is 2.06. The van der Waals surface area contributed by atoms with E-state index >= 15 is 0 Å². The number of cyclic esters (lactones) is 1. The lowest BCUT2D eigenvalue weighted by molar-refractivity contribution is -0.159. The summed E-state index contributed by atoms with van der Waals surface area (Å²) in [6.45, 7) is 3.29. The Bertz CT molecular complexity index is 657. The van der Waals surface area contributed by atoms with E-state index in [1.54, 1.807) is 19.9 Å². The maximum Gasteiger partial charge on any atom is 0.377 e. The van der Waals surface area contributed by atoms with Gasteiger partial charge in [0, 0.05) is 27.4 Å². The van der Waals surface area contributed by atoms with Crippen LogP contribution >= 0.6 is 11.6 Å². The van der Waals surface area contributed by atoms with Crippen molar-refractivity contribution < 1.29 is 23.5 Å². The van der Waals surface area contributed by atoms with E-state index in [4.69, 9.17) is 21.1 Å². The fourth-order valence-electron chi connectivity index (χ4n) is 1.90. The van der Waals surface area contributed by atoms with Crippen molar-refractivity contribution in [3.63, 3.8) is 0 Å². The van der Waals surface area contributed by atoms with Gasteiger partial charge in [0.25, 0.3) is 5.91 Å². The zero-order valence-corrected chi connectivity index (χ0v) is 13.1. The van der Waals surface area contributed by atoms with Gasteiger partial charge in [0.2, 0.25) is 11.5 Å².